The summed E-state index contributed by atoms with van der Waals surface area (Å²) in [6.07, 6.45) is 0.844. The van der Waals surface area contributed by atoms with Crippen molar-refractivity contribution in [3.8, 4) is 0 Å². The first-order valence-electron chi connectivity index (χ1n) is 5.98. The molecule has 0 aliphatic rings. The fourth-order valence-corrected chi connectivity index (χ4v) is 1.97. The van der Waals surface area contributed by atoms with E-state index < -0.39 is 0 Å². The molecule has 4 heteroatoms. The third-order valence-electron chi connectivity index (χ3n) is 2.44. The highest BCUT2D eigenvalue weighted by atomic mass is 79.9. The highest BCUT2D eigenvalue weighted by Gasteiger charge is 2.10. The number of nitrogens with one attached hydrogen (secondary N) is 1. The Morgan fingerprint density at radius 1 is 1.39 bits per heavy atom. The van der Waals surface area contributed by atoms with E-state index in [0.717, 1.165) is 5.56 Å². The molecule has 0 bridgehead atoms. The Kier molecular flexibility index (Phi) is 5.47. The maximum Gasteiger partial charge on any atom is 0.138 e. The Morgan fingerprint density at radius 2 is 2.06 bits per heavy atom. The minimum Gasteiger partial charge on any atom is -0.312 e. The Labute approximate surface area is 116 Å². The van der Waals surface area contributed by atoms with Gasteiger partial charge in [0, 0.05) is 24.9 Å². The predicted octanol–water partition coefficient (Wildman–Crippen LogP) is 3.48. The maximum atomic E-state index is 13.0. The molecule has 0 aromatic heterocycles. The molecule has 0 fully saturated rings. The zero-order chi connectivity index (χ0) is 13.8. The van der Waals surface area contributed by atoms with Crippen LogP contribution in [0.25, 0.3) is 0 Å². The van der Waals surface area contributed by atoms with E-state index >= 15 is 0 Å². The summed E-state index contributed by atoms with van der Waals surface area (Å²) in [4.78, 5) is 11.7. The van der Waals surface area contributed by atoms with Crippen LogP contribution in [0, 0.1) is 5.82 Å². The lowest BCUT2D eigenvalue weighted by atomic mass is 10.1. The highest BCUT2D eigenvalue weighted by molar-refractivity contribution is 9.10. The van der Waals surface area contributed by atoms with E-state index in [4.69, 9.17) is 0 Å². The molecule has 0 atom stereocenters. The SMILES string of the molecule is CC(C)(C)NCCC(=O)Cc1ccc(F)c(Br)c1. The third kappa shape index (κ3) is 5.74. The van der Waals surface area contributed by atoms with Gasteiger partial charge in [-0.1, -0.05) is 6.07 Å². The predicted molar refractivity (Wildman–Crippen MR) is 75.2 cm³/mol. The minimum atomic E-state index is -0.305. The molecule has 0 amide bonds. The summed E-state index contributed by atoms with van der Waals surface area (Å²) < 4.78 is 13.4. The molecule has 1 aromatic carbocycles. The van der Waals surface area contributed by atoms with Crippen LogP contribution < -0.4 is 5.32 Å². The first-order chi connectivity index (χ1) is 8.28. The lowest BCUT2D eigenvalue weighted by molar-refractivity contribution is -0.118. The van der Waals surface area contributed by atoms with Gasteiger partial charge in [0.1, 0.15) is 11.6 Å². The summed E-state index contributed by atoms with van der Waals surface area (Å²) in [5, 5.41) is 3.27. The second kappa shape index (κ2) is 6.43. The van der Waals surface area contributed by atoms with Crippen molar-refractivity contribution in [3.05, 3.63) is 34.1 Å². The Bertz CT molecular complexity index is 426. The smallest absolute Gasteiger partial charge is 0.138 e. The fraction of sp³-hybridized carbons (Fsp3) is 0.500. The monoisotopic (exact) mass is 315 g/mol. The van der Waals surface area contributed by atoms with E-state index in [1.165, 1.54) is 6.07 Å². The largest absolute Gasteiger partial charge is 0.312 e. The van der Waals surface area contributed by atoms with Gasteiger partial charge < -0.3 is 5.32 Å². The van der Waals surface area contributed by atoms with Crippen LogP contribution in [0.2, 0.25) is 0 Å². The third-order valence-corrected chi connectivity index (χ3v) is 3.05. The molecule has 18 heavy (non-hydrogen) atoms. The van der Waals surface area contributed by atoms with Gasteiger partial charge in [0.15, 0.2) is 0 Å². The van der Waals surface area contributed by atoms with Gasteiger partial charge in [-0.3, -0.25) is 4.79 Å². The number of benzene rings is 1. The van der Waals surface area contributed by atoms with Crippen LogP contribution in [0.5, 0.6) is 0 Å². The van der Waals surface area contributed by atoms with E-state index in [1.54, 1.807) is 12.1 Å². The molecule has 0 heterocycles. The second-order valence-corrected chi connectivity index (χ2v) is 6.25. The molecule has 2 nitrogen and oxygen atoms in total. The molecule has 0 spiro atoms. The molecule has 0 aliphatic carbocycles. The number of Topliss-reactive ketones (excluding diaryl/α,β-unsaturated/α-hetero) is 1. The number of carbonyl (C=O) groups is 1. The van der Waals surface area contributed by atoms with Gasteiger partial charge in [0.05, 0.1) is 4.47 Å². The molecular weight excluding hydrogens is 297 g/mol. The van der Waals surface area contributed by atoms with E-state index in [2.05, 4.69) is 42.0 Å². The topological polar surface area (TPSA) is 29.1 Å². The fourth-order valence-electron chi connectivity index (χ4n) is 1.54. The summed E-state index contributed by atoms with van der Waals surface area (Å²) in [6, 6.07) is 4.68. The van der Waals surface area contributed by atoms with Crippen LogP contribution in [0.15, 0.2) is 22.7 Å². The number of hydrogen-bond acceptors (Lipinski definition) is 2. The van der Waals surface area contributed by atoms with Crippen molar-refractivity contribution in [3.63, 3.8) is 0 Å². The number of hydrogen-bond donors (Lipinski definition) is 1. The van der Waals surface area contributed by atoms with Crippen LogP contribution in [0.3, 0.4) is 0 Å². The van der Waals surface area contributed by atoms with Gasteiger partial charge in [-0.15, -0.1) is 0 Å². The van der Waals surface area contributed by atoms with Crippen molar-refractivity contribution in [2.75, 3.05) is 6.54 Å². The van der Waals surface area contributed by atoms with Crippen molar-refractivity contribution in [1.82, 2.24) is 5.32 Å². The summed E-state index contributed by atoms with van der Waals surface area (Å²) in [6.45, 7) is 6.86. The maximum absolute atomic E-state index is 13.0. The zero-order valence-electron chi connectivity index (χ0n) is 11.0. The molecule has 0 saturated heterocycles. The van der Waals surface area contributed by atoms with Gasteiger partial charge in [0.25, 0.3) is 0 Å². The molecule has 0 aliphatic heterocycles. The first kappa shape index (κ1) is 15.3. The van der Waals surface area contributed by atoms with Crippen LogP contribution in [-0.4, -0.2) is 17.9 Å². The summed E-state index contributed by atoms with van der Waals surface area (Å²) >= 11 is 3.12. The molecule has 0 unspecified atom stereocenters. The Morgan fingerprint density at radius 3 is 2.61 bits per heavy atom. The van der Waals surface area contributed by atoms with Crippen molar-refractivity contribution < 1.29 is 9.18 Å². The Hall–Kier alpha value is -0.740. The lowest BCUT2D eigenvalue weighted by Crippen LogP contribution is -2.37. The van der Waals surface area contributed by atoms with Gasteiger partial charge in [0.2, 0.25) is 0 Å². The average Bonchev–Trinajstić information content (AvgIpc) is 2.21. The van der Waals surface area contributed by atoms with Gasteiger partial charge in [-0.2, -0.15) is 0 Å². The summed E-state index contributed by atoms with van der Waals surface area (Å²) in [7, 11) is 0. The number of halogens is 2. The van der Waals surface area contributed by atoms with Crippen molar-refractivity contribution >= 4 is 21.7 Å². The average molecular weight is 316 g/mol. The molecule has 0 saturated carbocycles. The van der Waals surface area contributed by atoms with Crippen molar-refractivity contribution in [2.45, 2.75) is 39.2 Å². The first-order valence-corrected chi connectivity index (χ1v) is 6.78. The van der Waals surface area contributed by atoms with Crippen LogP contribution in [-0.2, 0) is 11.2 Å². The molecule has 100 valence electrons. The minimum absolute atomic E-state index is 0.0270. The van der Waals surface area contributed by atoms with Crippen LogP contribution in [0.1, 0.15) is 32.8 Å². The van der Waals surface area contributed by atoms with Gasteiger partial charge >= 0.3 is 0 Å². The van der Waals surface area contributed by atoms with E-state index in [0.29, 0.717) is 23.9 Å². The van der Waals surface area contributed by atoms with Crippen LogP contribution >= 0.6 is 15.9 Å². The highest BCUT2D eigenvalue weighted by Crippen LogP contribution is 2.17. The van der Waals surface area contributed by atoms with Crippen LogP contribution in [0.4, 0.5) is 4.39 Å². The van der Waals surface area contributed by atoms with Gasteiger partial charge in [-0.05, 0) is 54.4 Å². The quantitative estimate of drug-likeness (QED) is 0.901. The second-order valence-electron chi connectivity index (χ2n) is 5.39. The molecule has 1 N–H and O–H groups in total. The van der Waals surface area contributed by atoms with E-state index in [1.807, 2.05) is 0 Å². The number of ketones is 1. The van der Waals surface area contributed by atoms with Gasteiger partial charge in [-0.25, -0.2) is 4.39 Å². The molecular formula is C14H19BrFNO. The normalized spacial score (nSPS) is 11.6. The number of rotatable bonds is 5. The standard InChI is InChI=1S/C14H19BrFNO/c1-14(2,3)17-7-6-11(18)8-10-4-5-13(16)12(15)9-10/h4-5,9,17H,6-8H2,1-3H3. The molecule has 1 aromatic rings. The Balaban J connectivity index is 2.42. The lowest BCUT2D eigenvalue weighted by Gasteiger charge is -2.20. The summed E-state index contributed by atoms with van der Waals surface area (Å²) in [5.41, 5.74) is 0.864. The van der Waals surface area contributed by atoms with Crippen molar-refractivity contribution in [2.24, 2.45) is 0 Å². The van der Waals surface area contributed by atoms with Crippen molar-refractivity contribution in [1.29, 1.82) is 0 Å². The summed E-state index contributed by atoms with van der Waals surface area (Å²) in [5.74, 6) is -0.147. The van der Waals surface area contributed by atoms with E-state index in [9.17, 15) is 9.18 Å². The molecule has 0 radical (unpaired) electrons. The van der Waals surface area contributed by atoms with E-state index in [-0.39, 0.29) is 17.1 Å². The molecule has 1 rings (SSSR count). The zero-order valence-corrected chi connectivity index (χ0v) is 12.6. The number of carbonyl (C=O) groups excluding carboxylic acids is 1.